The minimum Gasteiger partial charge on any atom is -0.476 e. The van der Waals surface area contributed by atoms with Crippen LogP contribution < -0.4 is 4.90 Å². The largest absolute Gasteiger partial charge is 0.476 e. The lowest BCUT2D eigenvalue weighted by atomic mass is 9.95. The summed E-state index contributed by atoms with van der Waals surface area (Å²) < 4.78 is 0. The fourth-order valence-corrected chi connectivity index (χ4v) is 2.54. The van der Waals surface area contributed by atoms with E-state index in [2.05, 4.69) is 25.3 Å². The van der Waals surface area contributed by atoms with Crippen LogP contribution in [0.2, 0.25) is 0 Å². The molecule has 0 radical (unpaired) electrons. The van der Waals surface area contributed by atoms with Crippen LogP contribution in [-0.2, 0) is 0 Å². The van der Waals surface area contributed by atoms with Gasteiger partial charge in [-0.15, -0.1) is 10.2 Å². The summed E-state index contributed by atoms with van der Waals surface area (Å²) in [6.07, 6.45) is 3.93. The van der Waals surface area contributed by atoms with Gasteiger partial charge in [-0.25, -0.2) is 4.79 Å². The summed E-state index contributed by atoms with van der Waals surface area (Å²) in [5.41, 5.74) is 1.10. The van der Waals surface area contributed by atoms with Crippen LogP contribution in [0.5, 0.6) is 0 Å². The van der Waals surface area contributed by atoms with Crippen LogP contribution in [0.25, 0.3) is 0 Å². The number of H-pyrrole nitrogens is 1. The number of carboxylic acid groups (broad SMARTS) is 1. The van der Waals surface area contributed by atoms with E-state index in [1.807, 2.05) is 6.07 Å². The Balaban J connectivity index is 1.75. The van der Waals surface area contributed by atoms with Crippen LogP contribution in [0, 0.1) is 0 Å². The minimum absolute atomic E-state index is 0.0316. The van der Waals surface area contributed by atoms with Gasteiger partial charge in [0.05, 0.1) is 0 Å². The number of nitrogens with zero attached hydrogens (tertiary/aromatic N) is 4. The zero-order chi connectivity index (χ0) is 13.9. The maximum absolute atomic E-state index is 10.8. The second kappa shape index (κ2) is 5.28. The zero-order valence-electron chi connectivity index (χ0n) is 10.9. The molecule has 0 saturated carbocycles. The van der Waals surface area contributed by atoms with Gasteiger partial charge in [0.25, 0.3) is 0 Å². The third-order valence-corrected chi connectivity index (χ3v) is 3.58. The van der Waals surface area contributed by atoms with Gasteiger partial charge in [-0.05, 0) is 31.0 Å². The highest BCUT2D eigenvalue weighted by Crippen LogP contribution is 2.27. The third kappa shape index (κ3) is 2.47. The normalized spacial score (nSPS) is 19.0. The van der Waals surface area contributed by atoms with E-state index >= 15 is 0 Å². The molecule has 1 fully saturated rings. The molecule has 1 atom stereocenters. The first-order chi connectivity index (χ1) is 9.74. The van der Waals surface area contributed by atoms with Gasteiger partial charge in [-0.2, -0.15) is 5.10 Å². The van der Waals surface area contributed by atoms with Crippen LogP contribution in [0.3, 0.4) is 0 Å². The number of aromatic carboxylic acids is 1. The number of nitrogens with one attached hydrogen (secondary N) is 1. The van der Waals surface area contributed by atoms with E-state index in [4.69, 9.17) is 5.11 Å². The van der Waals surface area contributed by atoms with Crippen molar-refractivity contribution in [2.24, 2.45) is 0 Å². The lowest BCUT2D eigenvalue weighted by Gasteiger charge is -2.32. The van der Waals surface area contributed by atoms with Crippen molar-refractivity contribution in [3.8, 4) is 0 Å². The SMILES string of the molecule is O=C(O)c1ccc(N2CCCC(c3ccn[nH]3)C2)nn1. The highest BCUT2D eigenvalue weighted by atomic mass is 16.4. The number of rotatable bonds is 3. The molecule has 3 rings (SSSR count). The molecule has 0 amide bonds. The molecule has 0 aromatic carbocycles. The molecule has 7 nitrogen and oxygen atoms in total. The summed E-state index contributed by atoms with van der Waals surface area (Å²) in [4.78, 5) is 12.9. The van der Waals surface area contributed by atoms with Gasteiger partial charge < -0.3 is 10.0 Å². The highest BCUT2D eigenvalue weighted by molar-refractivity contribution is 5.85. The first-order valence-electron chi connectivity index (χ1n) is 6.55. The average molecular weight is 273 g/mol. The van der Waals surface area contributed by atoms with E-state index in [0.29, 0.717) is 5.92 Å². The van der Waals surface area contributed by atoms with Crippen molar-refractivity contribution >= 4 is 11.8 Å². The van der Waals surface area contributed by atoms with Gasteiger partial charge in [-0.3, -0.25) is 5.10 Å². The number of carboxylic acids is 1. The Morgan fingerprint density at radius 1 is 1.35 bits per heavy atom. The van der Waals surface area contributed by atoms with E-state index < -0.39 is 5.97 Å². The standard InChI is InChI=1S/C13H15N5O2/c19-13(20)11-3-4-12(17-16-11)18-7-1-2-9(8-18)10-5-6-14-15-10/h3-6,9H,1-2,7-8H2,(H,14,15)(H,19,20). The van der Waals surface area contributed by atoms with Crippen molar-refractivity contribution in [3.63, 3.8) is 0 Å². The van der Waals surface area contributed by atoms with E-state index in [1.54, 1.807) is 12.3 Å². The average Bonchev–Trinajstić information content (AvgIpc) is 3.02. The van der Waals surface area contributed by atoms with E-state index in [-0.39, 0.29) is 5.69 Å². The molecule has 0 aliphatic carbocycles. The molecule has 1 aliphatic rings. The van der Waals surface area contributed by atoms with Crippen molar-refractivity contribution in [2.75, 3.05) is 18.0 Å². The Morgan fingerprint density at radius 3 is 2.90 bits per heavy atom. The molecule has 2 aromatic heterocycles. The number of carbonyl (C=O) groups is 1. The number of anilines is 1. The van der Waals surface area contributed by atoms with Gasteiger partial charge >= 0.3 is 5.97 Å². The smallest absolute Gasteiger partial charge is 0.356 e. The summed E-state index contributed by atoms with van der Waals surface area (Å²) in [5.74, 6) is 0.0597. The van der Waals surface area contributed by atoms with Crippen molar-refractivity contribution in [1.29, 1.82) is 0 Å². The van der Waals surface area contributed by atoms with E-state index in [1.165, 1.54) is 6.07 Å². The molecule has 2 N–H and O–H groups in total. The molecule has 104 valence electrons. The monoisotopic (exact) mass is 273 g/mol. The molecule has 20 heavy (non-hydrogen) atoms. The summed E-state index contributed by atoms with van der Waals surface area (Å²) in [5, 5.41) is 23.6. The molecule has 0 bridgehead atoms. The fraction of sp³-hybridized carbons (Fsp3) is 0.385. The molecule has 3 heterocycles. The maximum atomic E-state index is 10.8. The summed E-state index contributed by atoms with van der Waals surface area (Å²) in [6.45, 7) is 1.75. The number of hydrogen-bond donors (Lipinski definition) is 2. The Hall–Kier alpha value is -2.44. The van der Waals surface area contributed by atoms with Crippen LogP contribution >= 0.6 is 0 Å². The Bertz CT molecular complexity index is 581. The zero-order valence-corrected chi connectivity index (χ0v) is 10.9. The summed E-state index contributed by atoms with van der Waals surface area (Å²) >= 11 is 0. The van der Waals surface area contributed by atoms with Crippen molar-refractivity contribution < 1.29 is 9.90 Å². The van der Waals surface area contributed by atoms with Gasteiger partial charge in [0.1, 0.15) is 0 Å². The quantitative estimate of drug-likeness (QED) is 0.874. The van der Waals surface area contributed by atoms with Crippen molar-refractivity contribution in [2.45, 2.75) is 18.8 Å². The maximum Gasteiger partial charge on any atom is 0.356 e. The summed E-state index contributed by atoms with van der Waals surface area (Å²) in [6, 6.07) is 5.20. The Morgan fingerprint density at radius 2 is 2.25 bits per heavy atom. The lowest BCUT2D eigenvalue weighted by molar-refractivity contribution is 0.0689. The molecule has 1 unspecified atom stereocenters. The second-order valence-electron chi connectivity index (χ2n) is 4.88. The molecule has 1 aliphatic heterocycles. The predicted molar refractivity (Wildman–Crippen MR) is 71.8 cm³/mol. The molecule has 2 aromatic rings. The van der Waals surface area contributed by atoms with E-state index in [0.717, 1.165) is 37.4 Å². The van der Waals surface area contributed by atoms with E-state index in [9.17, 15) is 4.79 Å². The van der Waals surface area contributed by atoms with Crippen LogP contribution in [0.1, 0.15) is 34.9 Å². The van der Waals surface area contributed by atoms with Crippen molar-refractivity contribution in [3.05, 3.63) is 35.8 Å². The molecular weight excluding hydrogens is 258 g/mol. The first-order valence-corrected chi connectivity index (χ1v) is 6.55. The lowest BCUT2D eigenvalue weighted by Crippen LogP contribution is -2.35. The number of piperidine rings is 1. The van der Waals surface area contributed by atoms with Crippen LogP contribution in [0.15, 0.2) is 24.4 Å². The van der Waals surface area contributed by atoms with Gasteiger partial charge in [-0.1, -0.05) is 0 Å². The molecular formula is C13H15N5O2. The first kappa shape index (κ1) is 12.6. The number of aromatic amines is 1. The third-order valence-electron chi connectivity index (χ3n) is 3.58. The van der Waals surface area contributed by atoms with Gasteiger partial charge in [0, 0.05) is 30.9 Å². The Kier molecular flexibility index (Phi) is 3.32. The van der Waals surface area contributed by atoms with Crippen LogP contribution in [-0.4, -0.2) is 44.6 Å². The number of hydrogen-bond acceptors (Lipinski definition) is 5. The predicted octanol–water partition coefficient (Wildman–Crippen LogP) is 1.28. The topological polar surface area (TPSA) is 95.0 Å². The minimum atomic E-state index is -1.06. The fourth-order valence-electron chi connectivity index (χ4n) is 2.54. The molecule has 0 spiro atoms. The number of aromatic nitrogens is 4. The van der Waals surface area contributed by atoms with Gasteiger partial charge in [0.15, 0.2) is 11.5 Å². The molecule has 1 saturated heterocycles. The highest BCUT2D eigenvalue weighted by Gasteiger charge is 2.23. The second-order valence-corrected chi connectivity index (χ2v) is 4.88. The summed E-state index contributed by atoms with van der Waals surface area (Å²) in [7, 11) is 0. The molecule has 7 heteroatoms. The Labute approximate surface area is 115 Å². The van der Waals surface area contributed by atoms with Gasteiger partial charge in [0.2, 0.25) is 0 Å². The van der Waals surface area contributed by atoms with Crippen molar-refractivity contribution in [1.82, 2.24) is 20.4 Å². The van der Waals surface area contributed by atoms with Crippen LogP contribution in [0.4, 0.5) is 5.82 Å².